The minimum Gasteiger partial charge on any atom is -0.478 e. The summed E-state index contributed by atoms with van der Waals surface area (Å²) in [6.07, 6.45) is 2.60. The molecule has 0 aromatic carbocycles. The lowest BCUT2D eigenvalue weighted by molar-refractivity contribution is 0.0677. The van der Waals surface area contributed by atoms with Crippen molar-refractivity contribution >= 4 is 5.97 Å². The van der Waals surface area contributed by atoms with Crippen LogP contribution in [0.15, 0.2) is 12.5 Å². The number of carboxylic acids is 1. The largest absolute Gasteiger partial charge is 0.478 e. The fraction of sp³-hybridized carbons (Fsp3) is 0.500. The first-order valence-electron chi connectivity index (χ1n) is 4.71. The highest BCUT2D eigenvalue weighted by Gasteiger charge is 2.11. The van der Waals surface area contributed by atoms with Gasteiger partial charge in [-0.1, -0.05) is 13.8 Å². The average molecular weight is 210 g/mol. The van der Waals surface area contributed by atoms with E-state index >= 15 is 0 Å². The van der Waals surface area contributed by atoms with Crippen molar-refractivity contribution in [3.8, 4) is 0 Å². The first kappa shape index (κ1) is 11.6. The predicted octanol–water partition coefficient (Wildman–Crippen LogP) is 1.35. The summed E-state index contributed by atoms with van der Waals surface area (Å²) in [6, 6.07) is 0. The molecule has 0 aliphatic rings. The molecule has 1 aromatic heterocycles. The summed E-state index contributed by atoms with van der Waals surface area (Å²) in [6.45, 7) is 4.85. The van der Waals surface area contributed by atoms with Gasteiger partial charge in [0.2, 0.25) is 0 Å². The number of ether oxygens (including phenoxy) is 1. The molecule has 0 saturated heterocycles. The zero-order chi connectivity index (χ0) is 11.3. The second-order valence-corrected chi connectivity index (χ2v) is 3.60. The third-order valence-electron chi connectivity index (χ3n) is 1.72. The van der Waals surface area contributed by atoms with Gasteiger partial charge in [0.1, 0.15) is 11.9 Å². The number of carbonyl (C=O) groups is 1. The second-order valence-electron chi connectivity index (χ2n) is 3.60. The lowest BCUT2D eigenvalue weighted by Crippen LogP contribution is -2.09. The molecule has 0 fully saturated rings. The SMILES string of the molecule is CC(C)COCc1ncncc1C(=O)O. The van der Waals surface area contributed by atoms with Crippen molar-refractivity contribution in [2.45, 2.75) is 20.5 Å². The van der Waals surface area contributed by atoms with Gasteiger partial charge in [-0.15, -0.1) is 0 Å². The van der Waals surface area contributed by atoms with Gasteiger partial charge >= 0.3 is 5.97 Å². The molecular weight excluding hydrogens is 196 g/mol. The Morgan fingerprint density at radius 1 is 1.60 bits per heavy atom. The molecular formula is C10H14N2O3. The van der Waals surface area contributed by atoms with Crippen LogP contribution in [0.1, 0.15) is 29.9 Å². The number of hydrogen-bond donors (Lipinski definition) is 1. The number of carboxylic acid groups (broad SMARTS) is 1. The average Bonchev–Trinajstić information content (AvgIpc) is 2.17. The molecule has 1 rings (SSSR count). The van der Waals surface area contributed by atoms with E-state index in [2.05, 4.69) is 9.97 Å². The van der Waals surface area contributed by atoms with Crippen LogP contribution in [-0.2, 0) is 11.3 Å². The third-order valence-corrected chi connectivity index (χ3v) is 1.72. The van der Waals surface area contributed by atoms with Crippen molar-refractivity contribution in [3.05, 3.63) is 23.8 Å². The second kappa shape index (κ2) is 5.41. The van der Waals surface area contributed by atoms with Crippen LogP contribution in [0.5, 0.6) is 0 Å². The van der Waals surface area contributed by atoms with E-state index in [4.69, 9.17) is 9.84 Å². The van der Waals surface area contributed by atoms with Gasteiger partial charge in [-0.05, 0) is 5.92 Å². The maximum atomic E-state index is 10.8. The molecule has 0 atom stereocenters. The van der Waals surface area contributed by atoms with Crippen LogP contribution in [0.4, 0.5) is 0 Å². The van der Waals surface area contributed by atoms with Crippen LogP contribution in [0, 0.1) is 5.92 Å². The van der Waals surface area contributed by atoms with Crippen LogP contribution in [-0.4, -0.2) is 27.7 Å². The van der Waals surface area contributed by atoms with Crippen molar-refractivity contribution in [2.75, 3.05) is 6.61 Å². The predicted molar refractivity (Wildman–Crippen MR) is 53.5 cm³/mol. The van der Waals surface area contributed by atoms with E-state index in [1.807, 2.05) is 13.8 Å². The molecule has 0 amide bonds. The summed E-state index contributed by atoms with van der Waals surface area (Å²) < 4.78 is 5.32. The number of aromatic carboxylic acids is 1. The standard InChI is InChI=1S/C10H14N2O3/c1-7(2)4-15-5-9-8(10(13)14)3-11-6-12-9/h3,6-7H,4-5H2,1-2H3,(H,13,14). The first-order valence-corrected chi connectivity index (χ1v) is 4.71. The van der Waals surface area contributed by atoms with Gasteiger partial charge in [0.15, 0.2) is 0 Å². The Hall–Kier alpha value is -1.49. The van der Waals surface area contributed by atoms with Gasteiger partial charge in [-0.3, -0.25) is 0 Å². The van der Waals surface area contributed by atoms with E-state index in [0.717, 1.165) is 0 Å². The van der Waals surface area contributed by atoms with E-state index < -0.39 is 5.97 Å². The summed E-state index contributed by atoms with van der Waals surface area (Å²) in [5.41, 5.74) is 0.513. The monoisotopic (exact) mass is 210 g/mol. The van der Waals surface area contributed by atoms with Crippen LogP contribution in [0.2, 0.25) is 0 Å². The maximum absolute atomic E-state index is 10.8. The Balaban J connectivity index is 2.63. The van der Waals surface area contributed by atoms with Crippen LogP contribution < -0.4 is 0 Å². The van der Waals surface area contributed by atoms with Crippen LogP contribution in [0.25, 0.3) is 0 Å². The molecule has 0 bridgehead atoms. The minimum atomic E-state index is -1.03. The van der Waals surface area contributed by atoms with Crippen molar-refractivity contribution in [1.82, 2.24) is 9.97 Å². The zero-order valence-corrected chi connectivity index (χ0v) is 8.80. The smallest absolute Gasteiger partial charge is 0.339 e. The highest BCUT2D eigenvalue weighted by atomic mass is 16.5. The third kappa shape index (κ3) is 3.63. The Morgan fingerprint density at radius 2 is 2.33 bits per heavy atom. The fourth-order valence-corrected chi connectivity index (χ4v) is 1.04. The molecule has 0 radical (unpaired) electrons. The molecule has 82 valence electrons. The molecule has 0 saturated carbocycles. The summed E-state index contributed by atoms with van der Waals surface area (Å²) in [7, 11) is 0. The summed E-state index contributed by atoms with van der Waals surface area (Å²) in [4.78, 5) is 18.3. The highest BCUT2D eigenvalue weighted by molar-refractivity contribution is 5.88. The number of nitrogens with zero attached hydrogens (tertiary/aromatic N) is 2. The topological polar surface area (TPSA) is 72.3 Å². The lowest BCUT2D eigenvalue weighted by atomic mass is 10.2. The zero-order valence-electron chi connectivity index (χ0n) is 8.80. The molecule has 0 unspecified atom stereocenters. The van der Waals surface area contributed by atoms with Crippen LogP contribution >= 0.6 is 0 Å². The number of rotatable bonds is 5. The van der Waals surface area contributed by atoms with Crippen LogP contribution in [0.3, 0.4) is 0 Å². The van der Waals surface area contributed by atoms with E-state index in [1.165, 1.54) is 12.5 Å². The Morgan fingerprint density at radius 3 is 2.93 bits per heavy atom. The lowest BCUT2D eigenvalue weighted by Gasteiger charge is -2.07. The normalized spacial score (nSPS) is 10.6. The van der Waals surface area contributed by atoms with Gasteiger partial charge in [0, 0.05) is 12.8 Å². The van der Waals surface area contributed by atoms with Gasteiger partial charge in [0.25, 0.3) is 0 Å². The first-order chi connectivity index (χ1) is 7.11. The Bertz CT molecular complexity index is 339. The molecule has 0 aliphatic carbocycles. The molecule has 5 heteroatoms. The number of hydrogen-bond acceptors (Lipinski definition) is 4. The molecule has 15 heavy (non-hydrogen) atoms. The number of aromatic nitrogens is 2. The fourth-order valence-electron chi connectivity index (χ4n) is 1.04. The van der Waals surface area contributed by atoms with Crippen molar-refractivity contribution in [2.24, 2.45) is 5.92 Å². The summed E-state index contributed by atoms with van der Waals surface area (Å²) in [5, 5.41) is 8.84. The Kier molecular flexibility index (Phi) is 4.17. The molecule has 1 aromatic rings. The maximum Gasteiger partial charge on any atom is 0.339 e. The van der Waals surface area contributed by atoms with Gasteiger partial charge < -0.3 is 9.84 Å². The van der Waals surface area contributed by atoms with Gasteiger partial charge in [0.05, 0.1) is 12.3 Å². The van der Waals surface area contributed by atoms with Crippen molar-refractivity contribution < 1.29 is 14.6 Å². The van der Waals surface area contributed by atoms with E-state index in [1.54, 1.807) is 0 Å². The van der Waals surface area contributed by atoms with E-state index in [9.17, 15) is 4.79 Å². The van der Waals surface area contributed by atoms with Crippen molar-refractivity contribution in [1.29, 1.82) is 0 Å². The molecule has 1 N–H and O–H groups in total. The Labute approximate surface area is 88.1 Å². The van der Waals surface area contributed by atoms with Crippen molar-refractivity contribution in [3.63, 3.8) is 0 Å². The highest BCUT2D eigenvalue weighted by Crippen LogP contribution is 2.06. The molecule has 0 aliphatic heterocycles. The molecule has 0 spiro atoms. The van der Waals surface area contributed by atoms with Gasteiger partial charge in [-0.2, -0.15) is 0 Å². The molecule has 5 nitrogen and oxygen atoms in total. The van der Waals surface area contributed by atoms with E-state index in [-0.39, 0.29) is 12.2 Å². The quantitative estimate of drug-likeness (QED) is 0.794. The summed E-state index contributed by atoms with van der Waals surface area (Å²) >= 11 is 0. The summed E-state index contributed by atoms with van der Waals surface area (Å²) in [5.74, 6) is -0.612. The van der Waals surface area contributed by atoms with E-state index in [0.29, 0.717) is 18.2 Å². The van der Waals surface area contributed by atoms with Gasteiger partial charge in [-0.25, -0.2) is 14.8 Å². The minimum absolute atomic E-state index is 0.0984. The molecule has 1 heterocycles.